The minimum atomic E-state index is -0.456. The number of carbonyl (C=O) groups excluding carboxylic acids is 1. The van der Waals surface area contributed by atoms with Crippen LogP contribution in [-0.2, 0) is 0 Å². The SMILES string of the molecule is CC1=C(c2ccccc2)C(CC(O)C2CCN(C(=O)Nc3cccc(Cl)c3)CC2)n2cncc21. The first-order valence-electron chi connectivity index (χ1n) is 11.8. The average molecular weight is 477 g/mol. The quantitative estimate of drug-likeness (QED) is 0.495. The second kappa shape index (κ2) is 9.65. The summed E-state index contributed by atoms with van der Waals surface area (Å²) in [7, 11) is 0. The molecule has 0 radical (unpaired) electrons. The number of piperidine rings is 1. The molecule has 0 spiro atoms. The van der Waals surface area contributed by atoms with Crippen LogP contribution in [0.4, 0.5) is 10.5 Å². The number of aliphatic hydroxyl groups is 1. The number of benzene rings is 2. The van der Waals surface area contributed by atoms with Gasteiger partial charge in [0.25, 0.3) is 0 Å². The van der Waals surface area contributed by atoms with E-state index in [9.17, 15) is 9.90 Å². The number of rotatable bonds is 5. The highest BCUT2D eigenvalue weighted by Crippen LogP contribution is 2.45. The van der Waals surface area contributed by atoms with E-state index in [1.54, 1.807) is 12.1 Å². The number of hydrogen-bond acceptors (Lipinski definition) is 3. The fraction of sp³-hybridized carbons (Fsp3) is 0.333. The molecule has 0 bridgehead atoms. The van der Waals surface area contributed by atoms with Crippen LogP contribution in [0, 0.1) is 5.92 Å². The Kier molecular flexibility index (Phi) is 6.44. The van der Waals surface area contributed by atoms with E-state index < -0.39 is 6.10 Å². The van der Waals surface area contributed by atoms with Gasteiger partial charge in [-0.15, -0.1) is 0 Å². The fourth-order valence-corrected chi connectivity index (χ4v) is 5.50. The van der Waals surface area contributed by atoms with Gasteiger partial charge in [-0.1, -0.05) is 48.0 Å². The molecular weight excluding hydrogens is 448 g/mol. The van der Waals surface area contributed by atoms with Gasteiger partial charge in [0.2, 0.25) is 0 Å². The predicted octanol–water partition coefficient (Wildman–Crippen LogP) is 5.72. The number of urea groups is 1. The highest BCUT2D eigenvalue weighted by atomic mass is 35.5. The third-order valence-electron chi connectivity index (χ3n) is 7.12. The van der Waals surface area contributed by atoms with E-state index in [1.807, 2.05) is 35.6 Å². The summed E-state index contributed by atoms with van der Waals surface area (Å²) in [6.07, 6.45) is 5.50. The summed E-state index contributed by atoms with van der Waals surface area (Å²) in [5.41, 5.74) is 5.47. The molecule has 2 amide bonds. The zero-order valence-electron chi connectivity index (χ0n) is 19.2. The summed E-state index contributed by atoms with van der Waals surface area (Å²) >= 11 is 6.02. The molecule has 2 aliphatic rings. The summed E-state index contributed by atoms with van der Waals surface area (Å²) in [5.74, 6) is 0.153. The van der Waals surface area contributed by atoms with E-state index in [2.05, 4.69) is 46.1 Å². The van der Waals surface area contributed by atoms with E-state index in [-0.39, 0.29) is 18.0 Å². The van der Waals surface area contributed by atoms with Crippen molar-refractivity contribution in [3.63, 3.8) is 0 Å². The Labute approximate surface area is 204 Å². The number of amides is 2. The molecule has 5 rings (SSSR count). The van der Waals surface area contributed by atoms with Crippen molar-refractivity contribution >= 4 is 34.5 Å². The monoisotopic (exact) mass is 476 g/mol. The maximum Gasteiger partial charge on any atom is 0.321 e. The van der Waals surface area contributed by atoms with Crippen LogP contribution in [0.1, 0.15) is 43.5 Å². The summed E-state index contributed by atoms with van der Waals surface area (Å²) in [6, 6.07) is 17.5. The second-order valence-electron chi connectivity index (χ2n) is 9.17. The van der Waals surface area contributed by atoms with E-state index in [4.69, 9.17) is 11.6 Å². The highest BCUT2D eigenvalue weighted by Gasteiger charge is 2.35. The maximum atomic E-state index is 12.7. The summed E-state index contributed by atoms with van der Waals surface area (Å²) in [4.78, 5) is 18.8. The Morgan fingerprint density at radius 3 is 2.68 bits per heavy atom. The molecule has 2 N–H and O–H groups in total. The van der Waals surface area contributed by atoms with Gasteiger partial charge in [0.15, 0.2) is 0 Å². The van der Waals surface area contributed by atoms with Crippen LogP contribution in [-0.4, -0.2) is 44.8 Å². The number of fused-ring (bicyclic) bond motifs is 1. The van der Waals surface area contributed by atoms with Crippen LogP contribution in [0.3, 0.4) is 0 Å². The molecular formula is C27H29ClN4O2. The van der Waals surface area contributed by atoms with Gasteiger partial charge < -0.3 is 19.9 Å². The first-order valence-corrected chi connectivity index (χ1v) is 12.2. The van der Waals surface area contributed by atoms with Crippen molar-refractivity contribution in [2.45, 2.75) is 38.3 Å². The van der Waals surface area contributed by atoms with Crippen LogP contribution >= 0.6 is 11.6 Å². The third kappa shape index (κ3) is 4.48. The number of allylic oxidation sites excluding steroid dienone is 2. The number of halogens is 1. The smallest absolute Gasteiger partial charge is 0.321 e. The standard InChI is InChI=1S/C27H29ClN4O2/c1-18-24-16-29-17-32(24)23(26(18)20-6-3-2-4-7-20)15-25(33)19-10-12-31(13-11-19)27(34)30-22-9-5-8-21(28)14-22/h2-9,14,16-17,19,23,25,33H,10-13,15H2,1H3,(H,30,34). The molecule has 6 nitrogen and oxygen atoms in total. The van der Waals surface area contributed by atoms with E-state index >= 15 is 0 Å². The van der Waals surface area contributed by atoms with Gasteiger partial charge >= 0.3 is 6.03 Å². The Balaban J connectivity index is 1.23. The van der Waals surface area contributed by atoms with Crippen molar-refractivity contribution in [2.75, 3.05) is 18.4 Å². The van der Waals surface area contributed by atoms with Crippen molar-refractivity contribution in [1.29, 1.82) is 0 Å². The fourth-order valence-electron chi connectivity index (χ4n) is 5.31. The van der Waals surface area contributed by atoms with Gasteiger partial charge in [-0.3, -0.25) is 0 Å². The van der Waals surface area contributed by atoms with Crippen LogP contribution in [0.25, 0.3) is 11.1 Å². The first-order chi connectivity index (χ1) is 16.5. The lowest BCUT2D eigenvalue weighted by Gasteiger charge is -2.35. The molecule has 1 saturated heterocycles. The van der Waals surface area contributed by atoms with Gasteiger partial charge in [-0.05, 0) is 67.0 Å². The number of hydrogen-bond donors (Lipinski definition) is 2. The van der Waals surface area contributed by atoms with Gasteiger partial charge in [0.1, 0.15) is 0 Å². The Morgan fingerprint density at radius 2 is 1.94 bits per heavy atom. The molecule has 0 saturated carbocycles. The normalized spacial score (nSPS) is 19.3. The Hall–Kier alpha value is -3.09. The van der Waals surface area contributed by atoms with Crippen LogP contribution in [0.5, 0.6) is 0 Å². The van der Waals surface area contributed by atoms with Crippen LogP contribution in [0.15, 0.2) is 67.1 Å². The van der Waals surface area contributed by atoms with Crippen molar-refractivity contribution in [1.82, 2.24) is 14.5 Å². The molecule has 0 aliphatic carbocycles. The minimum absolute atomic E-state index is 0.0547. The van der Waals surface area contributed by atoms with Gasteiger partial charge in [-0.25, -0.2) is 9.78 Å². The summed E-state index contributed by atoms with van der Waals surface area (Å²) in [5, 5.41) is 14.8. The van der Waals surface area contributed by atoms with Gasteiger partial charge in [-0.2, -0.15) is 0 Å². The van der Waals surface area contributed by atoms with Crippen molar-refractivity contribution < 1.29 is 9.90 Å². The van der Waals surface area contributed by atoms with E-state index in [0.717, 1.165) is 18.5 Å². The number of carbonyl (C=O) groups is 1. The number of nitrogens with one attached hydrogen (secondary N) is 1. The lowest BCUT2D eigenvalue weighted by atomic mass is 9.85. The lowest BCUT2D eigenvalue weighted by molar-refractivity contribution is 0.0563. The topological polar surface area (TPSA) is 70.4 Å². The molecule has 1 aromatic heterocycles. The summed E-state index contributed by atoms with van der Waals surface area (Å²) in [6.45, 7) is 3.38. The predicted molar refractivity (Wildman–Crippen MR) is 136 cm³/mol. The van der Waals surface area contributed by atoms with Crippen molar-refractivity contribution in [2.24, 2.45) is 5.92 Å². The largest absolute Gasteiger partial charge is 0.393 e. The number of nitrogens with zero attached hydrogens (tertiary/aromatic N) is 3. The van der Waals surface area contributed by atoms with Crippen LogP contribution in [0.2, 0.25) is 5.02 Å². The number of anilines is 1. The molecule has 1 fully saturated rings. The van der Waals surface area contributed by atoms with Gasteiger partial charge in [0.05, 0.1) is 30.4 Å². The second-order valence-corrected chi connectivity index (χ2v) is 9.61. The average Bonchev–Trinajstić information content (AvgIpc) is 3.43. The summed E-state index contributed by atoms with van der Waals surface area (Å²) < 4.78 is 2.19. The molecule has 176 valence electrons. The molecule has 7 heteroatoms. The first kappa shape index (κ1) is 22.7. The molecule has 2 aromatic carbocycles. The van der Waals surface area contributed by atoms with Gasteiger partial charge in [0, 0.05) is 23.8 Å². The number of likely N-dealkylation sites (tertiary alicyclic amines) is 1. The van der Waals surface area contributed by atoms with Crippen molar-refractivity contribution in [3.8, 4) is 0 Å². The number of aliphatic hydroxyl groups excluding tert-OH is 1. The lowest BCUT2D eigenvalue weighted by Crippen LogP contribution is -2.43. The van der Waals surface area contributed by atoms with E-state index in [1.165, 1.54) is 16.7 Å². The zero-order valence-corrected chi connectivity index (χ0v) is 19.9. The Bertz CT molecular complexity index is 1200. The molecule has 2 atom stereocenters. The van der Waals surface area contributed by atoms with Crippen LogP contribution < -0.4 is 5.32 Å². The van der Waals surface area contributed by atoms with E-state index in [0.29, 0.717) is 30.2 Å². The maximum absolute atomic E-state index is 12.7. The Morgan fingerprint density at radius 1 is 1.18 bits per heavy atom. The number of imidazole rings is 1. The molecule has 3 aromatic rings. The zero-order chi connectivity index (χ0) is 23.7. The molecule has 3 heterocycles. The third-order valence-corrected chi connectivity index (χ3v) is 7.35. The van der Waals surface area contributed by atoms with Crippen molar-refractivity contribution in [3.05, 3.63) is 83.4 Å². The molecule has 2 unspecified atom stereocenters. The molecule has 34 heavy (non-hydrogen) atoms. The molecule has 2 aliphatic heterocycles. The number of aromatic nitrogens is 2. The highest BCUT2D eigenvalue weighted by molar-refractivity contribution is 6.30. The minimum Gasteiger partial charge on any atom is -0.393 e.